The number of benzene rings is 1. The fraction of sp³-hybridized carbons (Fsp3) is 0.286. The number of likely N-dealkylation sites (N-methyl/N-ethyl adjacent to an activating group) is 1. The van der Waals surface area contributed by atoms with E-state index in [9.17, 15) is 4.39 Å². The Labute approximate surface area is 138 Å². The van der Waals surface area contributed by atoms with E-state index >= 15 is 0 Å². The Kier molecular flexibility index (Phi) is 5.80. The second-order valence-electron chi connectivity index (χ2n) is 4.21. The molecule has 0 saturated carbocycles. The molecule has 0 spiro atoms. The van der Waals surface area contributed by atoms with Gasteiger partial charge in [0.05, 0.1) is 0 Å². The van der Waals surface area contributed by atoms with E-state index in [0.29, 0.717) is 0 Å². The van der Waals surface area contributed by atoms with Gasteiger partial charge in [0.15, 0.2) is 0 Å². The van der Waals surface area contributed by atoms with Crippen LogP contribution in [0.15, 0.2) is 34.1 Å². The highest BCUT2D eigenvalue weighted by Gasteiger charge is 2.15. The fourth-order valence-electron chi connectivity index (χ4n) is 1.98. The van der Waals surface area contributed by atoms with E-state index in [0.717, 1.165) is 26.6 Å². The van der Waals surface area contributed by atoms with E-state index in [2.05, 4.69) is 62.2 Å². The molecular formula is C14H14BrFINS. The molecule has 102 valence electrons. The molecular weight excluding hydrogens is 440 g/mol. The molecule has 1 unspecified atom stereocenters. The van der Waals surface area contributed by atoms with Crippen molar-refractivity contribution < 1.29 is 4.39 Å². The molecule has 0 saturated heterocycles. The lowest BCUT2D eigenvalue weighted by Crippen LogP contribution is -2.23. The first-order valence-electron chi connectivity index (χ1n) is 6.01. The predicted molar refractivity (Wildman–Crippen MR) is 91.3 cm³/mol. The van der Waals surface area contributed by atoms with Gasteiger partial charge in [-0.25, -0.2) is 4.39 Å². The Morgan fingerprint density at radius 3 is 2.79 bits per heavy atom. The Bertz CT molecular complexity index is 558. The lowest BCUT2D eigenvalue weighted by Gasteiger charge is -2.19. The Hall–Kier alpha value is 0.0200. The zero-order chi connectivity index (χ0) is 13.8. The molecule has 1 nitrogen and oxygen atoms in total. The first-order chi connectivity index (χ1) is 9.10. The van der Waals surface area contributed by atoms with Crippen LogP contribution in [-0.4, -0.2) is 6.54 Å². The largest absolute Gasteiger partial charge is 0.310 e. The third-order valence-electron chi connectivity index (χ3n) is 2.82. The molecule has 1 aromatic carbocycles. The van der Waals surface area contributed by atoms with E-state index in [-0.39, 0.29) is 11.9 Å². The third kappa shape index (κ3) is 4.24. The minimum atomic E-state index is -0.178. The number of hydrogen-bond acceptors (Lipinski definition) is 2. The van der Waals surface area contributed by atoms with Crippen molar-refractivity contribution in [3.63, 3.8) is 0 Å². The number of thiophene rings is 1. The van der Waals surface area contributed by atoms with Gasteiger partial charge in [-0.15, -0.1) is 11.3 Å². The molecule has 0 aliphatic heterocycles. The molecule has 0 radical (unpaired) electrons. The van der Waals surface area contributed by atoms with Crippen LogP contribution in [0.25, 0.3) is 0 Å². The van der Waals surface area contributed by atoms with Crippen LogP contribution < -0.4 is 5.32 Å². The van der Waals surface area contributed by atoms with Gasteiger partial charge in [0.2, 0.25) is 0 Å². The van der Waals surface area contributed by atoms with Crippen molar-refractivity contribution in [1.29, 1.82) is 0 Å². The standard InChI is InChI=1S/C14H14BrFINS/c1-2-18-14(7-11-5-9(15)8-19-11)12-4-3-10(16)6-13(12)17/h3-6,8,14,18H,2,7H2,1H3. The van der Waals surface area contributed by atoms with Crippen LogP contribution >= 0.6 is 49.9 Å². The number of rotatable bonds is 5. The van der Waals surface area contributed by atoms with Gasteiger partial charge in [-0.2, -0.15) is 0 Å². The van der Waals surface area contributed by atoms with Gasteiger partial charge in [-0.05, 0) is 68.8 Å². The summed E-state index contributed by atoms with van der Waals surface area (Å²) in [5.41, 5.74) is 1.16. The highest BCUT2D eigenvalue weighted by molar-refractivity contribution is 14.1. The molecule has 1 atom stereocenters. The molecule has 0 aliphatic carbocycles. The van der Waals surface area contributed by atoms with E-state index in [1.165, 1.54) is 10.9 Å². The van der Waals surface area contributed by atoms with Crippen LogP contribution in [-0.2, 0) is 6.42 Å². The van der Waals surface area contributed by atoms with E-state index in [4.69, 9.17) is 0 Å². The molecule has 1 aromatic heterocycles. The molecule has 0 amide bonds. The van der Waals surface area contributed by atoms with E-state index < -0.39 is 0 Å². The Morgan fingerprint density at radius 1 is 1.42 bits per heavy atom. The van der Waals surface area contributed by atoms with Crippen molar-refractivity contribution in [2.75, 3.05) is 6.54 Å². The van der Waals surface area contributed by atoms with Gasteiger partial charge in [-0.1, -0.05) is 13.0 Å². The van der Waals surface area contributed by atoms with Crippen molar-refractivity contribution in [3.8, 4) is 0 Å². The van der Waals surface area contributed by atoms with Gasteiger partial charge in [0, 0.05) is 30.8 Å². The van der Waals surface area contributed by atoms with Crippen molar-refractivity contribution in [2.24, 2.45) is 0 Å². The van der Waals surface area contributed by atoms with Crippen LogP contribution in [0, 0.1) is 9.39 Å². The molecule has 19 heavy (non-hydrogen) atoms. The first-order valence-corrected chi connectivity index (χ1v) is 8.76. The van der Waals surface area contributed by atoms with Gasteiger partial charge in [0.1, 0.15) is 5.82 Å². The van der Waals surface area contributed by atoms with Crippen LogP contribution in [0.2, 0.25) is 0 Å². The third-order valence-corrected chi connectivity index (χ3v) is 5.47. The van der Waals surface area contributed by atoms with Gasteiger partial charge in [0.25, 0.3) is 0 Å². The zero-order valence-corrected chi connectivity index (χ0v) is 15.0. The second-order valence-corrected chi connectivity index (χ2v) is 7.29. The van der Waals surface area contributed by atoms with Gasteiger partial charge < -0.3 is 5.32 Å². The van der Waals surface area contributed by atoms with Crippen LogP contribution in [0.4, 0.5) is 4.39 Å². The number of halogens is 3. The molecule has 5 heteroatoms. The quantitative estimate of drug-likeness (QED) is 0.617. The minimum absolute atomic E-state index is 0.178. The maximum absolute atomic E-state index is 13.2. The lowest BCUT2D eigenvalue weighted by molar-refractivity contribution is 0.548. The summed E-state index contributed by atoms with van der Waals surface area (Å²) in [5.74, 6) is -0.178. The highest BCUT2D eigenvalue weighted by Crippen LogP contribution is 2.28. The average Bonchev–Trinajstić information content (AvgIpc) is 2.74. The zero-order valence-electron chi connectivity index (χ0n) is 10.4. The van der Waals surface area contributed by atoms with Crippen LogP contribution in [0.1, 0.15) is 23.4 Å². The average molecular weight is 454 g/mol. The summed E-state index contributed by atoms with van der Waals surface area (Å²) in [5, 5.41) is 5.57. The SMILES string of the molecule is CCNC(Cc1cc(Br)cs1)c1ccc(F)cc1I. The van der Waals surface area contributed by atoms with Crippen molar-refractivity contribution in [1.82, 2.24) is 5.32 Å². The monoisotopic (exact) mass is 453 g/mol. The molecule has 2 rings (SSSR count). The summed E-state index contributed by atoms with van der Waals surface area (Å²) in [7, 11) is 0. The van der Waals surface area contributed by atoms with Crippen molar-refractivity contribution in [2.45, 2.75) is 19.4 Å². The smallest absolute Gasteiger partial charge is 0.124 e. The summed E-state index contributed by atoms with van der Waals surface area (Å²) >= 11 is 7.43. The van der Waals surface area contributed by atoms with E-state index in [1.807, 2.05) is 6.07 Å². The fourth-order valence-corrected chi connectivity index (χ4v) is 4.34. The highest BCUT2D eigenvalue weighted by atomic mass is 127. The number of nitrogens with one attached hydrogen (secondary N) is 1. The summed E-state index contributed by atoms with van der Waals surface area (Å²) in [6.45, 7) is 2.98. The molecule has 0 aliphatic rings. The van der Waals surface area contributed by atoms with E-state index in [1.54, 1.807) is 17.4 Å². The molecule has 0 bridgehead atoms. The predicted octanol–water partition coefficient (Wildman–Crippen LogP) is 5.15. The Morgan fingerprint density at radius 2 is 2.21 bits per heavy atom. The summed E-state index contributed by atoms with van der Waals surface area (Å²) in [6, 6.07) is 7.37. The Balaban J connectivity index is 2.23. The second kappa shape index (κ2) is 7.15. The van der Waals surface area contributed by atoms with Gasteiger partial charge in [-0.3, -0.25) is 0 Å². The van der Waals surface area contributed by atoms with Gasteiger partial charge >= 0.3 is 0 Å². The summed E-state index contributed by atoms with van der Waals surface area (Å²) < 4.78 is 15.3. The first kappa shape index (κ1) is 15.4. The van der Waals surface area contributed by atoms with Crippen LogP contribution in [0.5, 0.6) is 0 Å². The minimum Gasteiger partial charge on any atom is -0.310 e. The molecule has 0 fully saturated rings. The summed E-state index contributed by atoms with van der Waals surface area (Å²) in [6.07, 6.45) is 0.922. The number of hydrogen-bond donors (Lipinski definition) is 1. The van der Waals surface area contributed by atoms with Crippen molar-refractivity contribution in [3.05, 3.63) is 53.9 Å². The maximum atomic E-state index is 13.2. The molecule has 2 aromatic rings. The topological polar surface area (TPSA) is 12.0 Å². The normalized spacial score (nSPS) is 12.6. The van der Waals surface area contributed by atoms with Crippen molar-refractivity contribution >= 4 is 49.9 Å². The van der Waals surface area contributed by atoms with Crippen LogP contribution in [0.3, 0.4) is 0 Å². The molecule has 1 heterocycles. The molecule has 1 N–H and O–H groups in total. The lowest BCUT2D eigenvalue weighted by atomic mass is 10.0. The maximum Gasteiger partial charge on any atom is 0.124 e. The summed E-state index contributed by atoms with van der Waals surface area (Å²) in [4.78, 5) is 1.32.